The lowest BCUT2D eigenvalue weighted by molar-refractivity contribution is 0.145. The second-order valence-corrected chi connectivity index (χ2v) is 6.50. The molecule has 2 aromatic carbocycles. The fraction of sp³-hybridized carbons (Fsp3) is 0.150. The zero-order chi connectivity index (χ0) is 18.4. The highest BCUT2D eigenvalue weighted by molar-refractivity contribution is 5.70. The smallest absolute Gasteiger partial charge is 0.282 e. The largest absolute Gasteiger partial charge is 0.300 e. The molecular weight excluding hydrogens is 348 g/mol. The van der Waals surface area contributed by atoms with Crippen molar-refractivity contribution in [2.24, 2.45) is 0 Å². The summed E-state index contributed by atoms with van der Waals surface area (Å²) in [6.07, 6.45) is 1.06. The van der Waals surface area contributed by atoms with Crippen molar-refractivity contribution in [1.82, 2.24) is 24.3 Å². The monoisotopic (exact) mass is 363 g/mol. The molecule has 0 radical (unpaired) electrons. The van der Waals surface area contributed by atoms with Crippen LogP contribution in [0.15, 0.2) is 61.2 Å². The molecule has 134 valence electrons. The summed E-state index contributed by atoms with van der Waals surface area (Å²) in [4.78, 5) is 8.31. The molecule has 0 spiro atoms. The summed E-state index contributed by atoms with van der Waals surface area (Å²) < 4.78 is 30.1. The van der Waals surface area contributed by atoms with Gasteiger partial charge in [0.2, 0.25) is 0 Å². The molecule has 0 N–H and O–H groups in total. The number of nitrogens with zero attached hydrogens (tertiary/aromatic N) is 5. The number of rotatable bonds is 3. The van der Waals surface area contributed by atoms with Crippen LogP contribution in [-0.4, -0.2) is 24.3 Å². The lowest BCUT2D eigenvalue weighted by Crippen LogP contribution is -2.07. The van der Waals surface area contributed by atoms with Crippen LogP contribution in [0.3, 0.4) is 0 Å². The summed E-state index contributed by atoms with van der Waals surface area (Å²) >= 11 is 0. The summed E-state index contributed by atoms with van der Waals surface area (Å²) in [6, 6.07) is 16.2. The first-order chi connectivity index (χ1) is 13.2. The third-order valence-corrected chi connectivity index (χ3v) is 4.83. The Morgan fingerprint density at radius 3 is 2.67 bits per heavy atom. The van der Waals surface area contributed by atoms with Crippen LogP contribution in [-0.2, 0) is 13.0 Å². The van der Waals surface area contributed by atoms with E-state index in [0.29, 0.717) is 11.5 Å². The van der Waals surface area contributed by atoms with Gasteiger partial charge in [0.15, 0.2) is 5.82 Å². The minimum absolute atomic E-state index is 0.206. The van der Waals surface area contributed by atoms with Gasteiger partial charge in [-0.3, -0.25) is 0 Å². The number of fused-ring (bicyclic) bond motifs is 5. The normalized spacial score (nSPS) is 12.4. The van der Waals surface area contributed by atoms with Crippen LogP contribution in [0.25, 0.3) is 17.1 Å². The van der Waals surface area contributed by atoms with Gasteiger partial charge in [0.1, 0.15) is 18.3 Å². The third-order valence-electron chi connectivity index (χ3n) is 4.83. The first kappa shape index (κ1) is 15.9. The minimum Gasteiger partial charge on any atom is -0.300 e. The zero-order valence-corrected chi connectivity index (χ0v) is 14.3. The molecule has 0 amide bonds. The number of aromatic nitrogens is 5. The lowest BCUT2D eigenvalue weighted by atomic mass is 10.0. The summed E-state index contributed by atoms with van der Waals surface area (Å²) in [5.74, 6) is 0.670. The van der Waals surface area contributed by atoms with E-state index in [1.165, 1.54) is 18.2 Å². The third kappa shape index (κ3) is 2.63. The van der Waals surface area contributed by atoms with Crippen LogP contribution in [0.4, 0.5) is 8.78 Å². The van der Waals surface area contributed by atoms with Crippen molar-refractivity contribution in [3.63, 3.8) is 0 Å². The Labute approximate surface area is 153 Å². The van der Waals surface area contributed by atoms with E-state index in [4.69, 9.17) is 0 Å². The molecule has 3 heterocycles. The number of alkyl halides is 2. The molecule has 2 aromatic heterocycles. The summed E-state index contributed by atoms with van der Waals surface area (Å²) in [7, 11) is 0. The second-order valence-electron chi connectivity index (χ2n) is 6.50. The molecule has 0 saturated heterocycles. The van der Waals surface area contributed by atoms with Crippen LogP contribution < -0.4 is 0 Å². The van der Waals surface area contributed by atoms with Gasteiger partial charge in [-0.1, -0.05) is 36.4 Å². The predicted molar refractivity (Wildman–Crippen MR) is 95.9 cm³/mol. The van der Waals surface area contributed by atoms with Gasteiger partial charge in [0.05, 0.1) is 17.9 Å². The first-order valence-corrected chi connectivity index (χ1v) is 8.60. The average Bonchev–Trinajstić information content (AvgIpc) is 3.28. The first-order valence-electron chi connectivity index (χ1n) is 8.60. The van der Waals surface area contributed by atoms with E-state index in [-0.39, 0.29) is 12.2 Å². The van der Waals surface area contributed by atoms with Crippen molar-refractivity contribution in [3.8, 4) is 17.1 Å². The number of halogens is 2. The summed E-state index contributed by atoms with van der Waals surface area (Å²) in [6.45, 7) is 0.206. The number of benzene rings is 2. The van der Waals surface area contributed by atoms with Gasteiger partial charge < -0.3 is 4.57 Å². The molecule has 5 rings (SSSR count). The zero-order valence-electron chi connectivity index (χ0n) is 14.3. The van der Waals surface area contributed by atoms with Gasteiger partial charge in [-0.15, -0.1) is 0 Å². The van der Waals surface area contributed by atoms with E-state index in [1.54, 1.807) is 9.25 Å². The second kappa shape index (κ2) is 6.12. The number of imidazole rings is 1. The fourth-order valence-corrected chi connectivity index (χ4v) is 3.58. The van der Waals surface area contributed by atoms with Gasteiger partial charge in [-0.2, -0.15) is 5.10 Å². The van der Waals surface area contributed by atoms with Gasteiger partial charge in [-0.25, -0.2) is 23.4 Å². The van der Waals surface area contributed by atoms with Crippen molar-refractivity contribution in [2.45, 2.75) is 19.4 Å². The molecule has 0 bridgehead atoms. The molecular formula is C20H15F2N5. The Morgan fingerprint density at radius 2 is 1.85 bits per heavy atom. The Kier molecular flexibility index (Phi) is 3.60. The van der Waals surface area contributed by atoms with Gasteiger partial charge >= 0.3 is 0 Å². The highest BCUT2D eigenvalue weighted by Crippen LogP contribution is 2.34. The van der Waals surface area contributed by atoms with E-state index in [1.807, 2.05) is 30.3 Å². The number of hydrogen-bond donors (Lipinski definition) is 0. The van der Waals surface area contributed by atoms with Gasteiger partial charge in [0, 0.05) is 5.56 Å². The predicted octanol–water partition coefficient (Wildman–Crippen LogP) is 4.02. The van der Waals surface area contributed by atoms with Crippen LogP contribution in [0, 0.1) is 0 Å². The summed E-state index contributed by atoms with van der Waals surface area (Å²) in [5, 5.41) is 4.23. The van der Waals surface area contributed by atoms with E-state index < -0.39 is 6.43 Å². The molecule has 0 fully saturated rings. The molecule has 1 aliphatic heterocycles. The molecule has 7 heteroatoms. The van der Waals surface area contributed by atoms with Crippen molar-refractivity contribution in [2.75, 3.05) is 0 Å². The maximum absolute atomic E-state index is 13.4. The van der Waals surface area contributed by atoms with E-state index >= 15 is 0 Å². The van der Waals surface area contributed by atoms with Crippen molar-refractivity contribution in [1.29, 1.82) is 0 Å². The Balaban J connectivity index is 1.67. The SMILES string of the molecule is FC(F)c1ncn2c1Cn1ncnc1-c1cc(Cc3ccccc3)ccc1-2. The topological polar surface area (TPSA) is 48.5 Å². The van der Waals surface area contributed by atoms with Crippen molar-refractivity contribution in [3.05, 3.63) is 83.7 Å². The van der Waals surface area contributed by atoms with Gasteiger partial charge in [-0.05, 0) is 29.7 Å². The van der Waals surface area contributed by atoms with Crippen molar-refractivity contribution < 1.29 is 8.78 Å². The van der Waals surface area contributed by atoms with Crippen LogP contribution in [0.5, 0.6) is 0 Å². The van der Waals surface area contributed by atoms with Crippen LogP contribution in [0.2, 0.25) is 0 Å². The maximum Gasteiger partial charge on any atom is 0.282 e. The van der Waals surface area contributed by atoms with Gasteiger partial charge in [0.25, 0.3) is 6.43 Å². The molecule has 27 heavy (non-hydrogen) atoms. The Bertz CT molecular complexity index is 1110. The fourth-order valence-electron chi connectivity index (χ4n) is 3.58. The Hall–Kier alpha value is -3.35. The molecule has 0 saturated carbocycles. The highest BCUT2D eigenvalue weighted by Gasteiger charge is 2.26. The van der Waals surface area contributed by atoms with Crippen LogP contribution in [0.1, 0.15) is 28.9 Å². The Morgan fingerprint density at radius 1 is 1.00 bits per heavy atom. The molecule has 0 atom stereocenters. The molecule has 4 aromatic rings. The summed E-state index contributed by atoms with van der Waals surface area (Å²) in [5.41, 5.74) is 4.19. The molecule has 5 nitrogen and oxygen atoms in total. The highest BCUT2D eigenvalue weighted by atomic mass is 19.3. The van der Waals surface area contributed by atoms with E-state index in [9.17, 15) is 8.78 Å². The quantitative estimate of drug-likeness (QED) is 0.486. The molecule has 0 aliphatic carbocycles. The van der Waals surface area contributed by atoms with E-state index in [0.717, 1.165) is 23.2 Å². The molecule has 0 unspecified atom stereocenters. The minimum atomic E-state index is -2.63. The van der Waals surface area contributed by atoms with Crippen molar-refractivity contribution >= 4 is 0 Å². The maximum atomic E-state index is 13.4. The average molecular weight is 363 g/mol. The lowest BCUT2D eigenvalue weighted by Gasteiger charge is -2.11. The van der Waals surface area contributed by atoms with E-state index in [2.05, 4.69) is 33.3 Å². The number of hydrogen-bond acceptors (Lipinski definition) is 3. The standard InChI is InChI=1S/C20H15F2N5/c21-19(22)18-17-10-27-20(23-11-25-27)15-9-14(8-13-4-2-1-3-5-13)6-7-16(15)26(17)12-24-18/h1-7,9,11-12,19H,8,10H2. The van der Waals surface area contributed by atoms with Crippen LogP contribution >= 0.6 is 0 Å². The molecule has 1 aliphatic rings.